The summed E-state index contributed by atoms with van der Waals surface area (Å²) >= 11 is 0. The van der Waals surface area contributed by atoms with Crippen LogP contribution in [0.15, 0.2) is 59.4 Å². The predicted octanol–water partition coefficient (Wildman–Crippen LogP) is 3.62. The van der Waals surface area contributed by atoms with E-state index in [0.29, 0.717) is 5.92 Å². The second-order valence-corrected chi connectivity index (χ2v) is 7.30. The van der Waals surface area contributed by atoms with Gasteiger partial charge in [0.2, 0.25) is 0 Å². The van der Waals surface area contributed by atoms with E-state index in [9.17, 15) is 4.79 Å². The molecule has 0 saturated carbocycles. The average Bonchev–Trinajstić information content (AvgIpc) is 2.67. The molecule has 0 N–H and O–H groups in total. The first-order valence-electron chi connectivity index (χ1n) is 9.43. The SMILES string of the molecule is Cc1nc2ccccc2c(=O)n1CC1CCN(Cc2ccccc2)CC1. The molecule has 1 aliphatic heterocycles. The van der Waals surface area contributed by atoms with Gasteiger partial charge in [-0.2, -0.15) is 0 Å². The number of piperidine rings is 1. The molecule has 2 heterocycles. The zero-order valence-corrected chi connectivity index (χ0v) is 15.3. The van der Waals surface area contributed by atoms with Crippen LogP contribution in [-0.4, -0.2) is 27.5 Å². The molecule has 1 aromatic heterocycles. The summed E-state index contributed by atoms with van der Waals surface area (Å²) in [7, 11) is 0. The summed E-state index contributed by atoms with van der Waals surface area (Å²) in [4.78, 5) is 20.0. The molecule has 0 spiro atoms. The minimum absolute atomic E-state index is 0.0971. The second-order valence-electron chi connectivity index (χ2n) is 7.30. The average molecular weight is 347 g/mol. The standard InChI is InChI=1S/C22H25N3O/c1-17-23-21-10-6-5-9-20(21)22(26)25(17)16-19-11-13-24(14-12-19)15-18-7-3-2-4-8-18/h2-10,19H,11-16H2,1H3. The number of likely N-dealkylation sites (tertiary alicyclic amines) is 1. The number of para-hydroxylation sites is 1. The zero-order valence-electron chi connectivity index (χ0n) is 15.3. The Kier molecular flexibility index (Phi) is 4.85. The fourth-order valence-electron chi connectivity index (χ4n) is 3.92. The van der Waals surface area contributed by atoms with Gasteiger partial charge in [-0.3, -0.25) is 14.3 Å². The van der Waals surface area contributed by atoms with E-state index < -0.39 is 0 Å². The first kappa shape index (κ1) is 17.0. The molecule has 0 unspecified atom stereocenters. The molecule has 4 heteroatoms. The second kappa shape index (κ2) is 7.42. The van der Waals surface area contributed by atoms with Crippen molar-refractivity contribution in [1.82, 2.24) is 14.5 Å². The van der Waals surface area contributed by atoms with E-state index in [1.54, 1.807) is 0 Å². The molecular formula is C22H25N3O. The Morgan fingerprint density at radius 2 is 1.69 bits per heavy atom. The van der Waals surface area contributed by atoms with Crippen molar-refractivity contribution < 1.29 is 0 Å². The largest absolute Gasteiger partial charge is 0.299 e. The number of benzene rings is 2. The molecule has 0 bridgehead atoms. The summed E-state index contributed by atoms with van der Waals surface area (Å²) in [5.41, 5.74) is 2.26. The molecule has 134 valence electrons. The van der Waals surface area contributed by atoms with Crippen molar-refractivity contribution in [3.8, 4) is 0 Å². The third kappa shape index (κ3) is 3.56. The molecule has 0 aliphatic carbocycles. The lowest BCUT2D eigenvalue weighted by Gasteiger charge is -2.32. The molecule has 3 aromatic rings. The minimum Gasteiger partial charge on any atom is -0.299 e. The number of aryl methyl sites for hydroxylation is 1. The fourth-order valence-corrected chi connectivity index (χ4v) is 3.92. The van der Waals surface area contributed by atoms with Gasteiger partial charge in [0, 0.05) is 13.1 Å². The van der Waals surface area contributed by atoms with Crippen LogP contribution in [-0.2, 0) is 13.1 Å². The van der Waals surface area contributed by atoms with Gasteiger partial charge in [-0.25, -0.2) is 4.98 Å². The molecule has 0 atom stereocenters. The van der Waals surface area contributed by atoms with Crippen molar-refractivity contribution in [2.45, 2.75) is 32.9 Å². The van der Waals surface area contributed by atoms with Crippen LogP contribution in [0.25, 0.3) is 10.9 Å². The number of hydrogen-bond donors (Lipinski definition) is 0. The van der Waals surface area contributed by atoms with Crippen molar-refractivity contribution >= 4 is 10.9 Å². The molecule has 1 aliphatic rings. The van der Waals surface area contributed by atoms with Crippen LogP contribution in [0.4, 0.5) is 0 Å². The van der Waals surface area contributed by atoms with Gasteiger partial charge in [0.1, 0.15) is 5.82 Å². The maximum Gasteiger partial charge on any atom is 0.261 e. The zero-order chi connectivity index (χ0) is 17.9. The van der Waals surface area contributed by atoms with Gasteiger partial charge >= 0.3 is 0 Å². The predicted molar refractivity (Wildman–Crippen MR) is 105 cm³/mol. The van der Waals surface area contributed by atoms with E-state index in [0.717, 1.165) is 55.7 Å². The first-order valence-corrected chi connectivity index (χ1v) is 9.43. The summed E-state index contributed by atoms with van der Waals surface area (Å²) in [6.45, 7) is 5.92. The van der Waals surface area contributed by atoms with Crippen molar-refractivity contribution in [3.05, 3.63) is 76.3 Å². The number of aromatic nitrogens is 2. The molecule has 26 heavy (non-hydrogen) atoms. The lowest BCUT2D eigenvalue weighted by molar-refractivity contribution is 0.166. The Bertz CT molecular complexity index is 941. The van der Waals surface area contributed by atoms with E-state index in [1.807, 2.05) is 35.8 Å². The van der Waals surface area contributed by atoms with Crippen LogP contribution < -0.4 is 5.56 Å². The van der Waals surface area contributed by atoms with Gasteiger partial charge in [0.05, 0.1) is 10.9 Å². The molecule has 0 radical (unpaired) electrons. The van der Waals surface area contributed by atoms with Gasteiger partial charge in [-0.1, -0.05) is 42.5 Å². The maximum absolute atomic E-state index is 12.8. The highest BCUT2D eigenvalue weighted by molar-refractivity contribution is 5.77. The minimum atomic E-state index is 0.0971. The maximum atomic E-state index is 12.8. The summed E-state index contributed by atoms with van der Waals surface area (Å²) in [6, 6.07) is 18.3. The van der Waals surface area contributed by atoms with Crippen molar-refractivity contribution in [3.63, 3.8) is 0 Å². The highest BCUT2D eigenvalue weighted by Crippen LogP contribution is 2.21. The Morgan fingerprint density at radius 3 is 2.46 bits per heavy atom. The molecule has 2 aromatic carbocycles. The molecule has 1 saturated heterocycles. The van der Waals surface area contributed by atoms with Gasteiger partial charge in [-0.15, -0.1) is 0 Å². The van der Waals surface area contributed by atoms with Crippen molar-refractivity contribution in [2.24, 2.45) is 5.92 Å². The van der Waals surface area contributed by atoms with Crippen LogP contribution >= 0.6 is 0 Å². The van der Waals surface area contributed by atoms with Crippen LogP contribution in [0.3, 0.4) is 0 Å². The molecule has 1 fully saturated rings. The topological polar surface area (TPSA) is 38.1 Å². The first-order chi connectivity index (χ1) is 12.7. The summed E-state index contributed by atoms with van der Waals surface area (Å²) in [5, 5.41) is 0.722. The summed E-state index contributed by atoms with van der Waals surface area (Å²) in [6.07, 6.45) is 2.26. The van der Waals surface area contributed by atoms with Crippen LogP contribution in [0.5, 0.6) is 0 Å². The Morgan fingerprint density at radius 1 is 1.00 bits per heavy atom. The van der Waals surface area contributed by atoms with Crippen molar-refractivity contribution in [2.75, 3.05) is 13.1 Å². The highest BCUT2D eigenvalue weighted by Gasteiger charge is 2.21. The monoisotopic (exact) mass is 347 g/mol. The van der Waals surface area contributed by atoms with E-state index in [4.69, 9.17) is 0 Å². The third-order valence-corrected chi connectivity index (χ3v) is 5.45. The van der Waals surface area contributed by atoms with Crippen molar-refractivity contribution in [1.29, 1.82) is 0 Å². The summed E-state index contributed by atoms with van der Waals surface area (Å²) in [5.74, 6) is 1.36. The third-order valence-electron chi connectivity index (χ3n) is 5.45. The number of hydrogen-bond acceptors (Lipinski definition) is 3. The normalized spacial score (nSPS) is 16.2. The van der Waals surface area contributed by atoms with Crippen LogP contribution in [0, 0.1) is 12.8 Å². The van der Waals surface area contributed by atoms with Crippen LogP contribution in [0.1, 0.15) is 24.2 Å². The Hall–Kier alpha value is -2.46. The number of rotatable bonds is 4. The van der Waals surface area contributed by atoms with Gasteiger partial charge in [-0.05, 0) is 56.5 Å². The van der Waals surface area contributed by atoms with Gasteiger partial charge in [0.15, 0.2) is 0 Å². The Labute approximate surface area is 154 Å². The smallest absolute Gasteiger partial charge is 0.261 e. The lowest BCUT2D eigenvalue weighted by Crippen LogP contribution is -2.36. The summed E-state index contributed by atoms with van der Waals surface area (Å²) < 4.78 is 1.87. The van der Waals surface area contributed by atoms with E-state index in [-0.39, 0.29) is 5.56 Å². The van der Waals surface area contributed by atoms with E-state index >= 15 is 0 Å². The Balaban J connectivity index is 1.43. The highest BCUT2D eigenvalue weighted by atomic mass is 16.1. The molecule has 4 rings (SSSR count). The van der Waals surface area contributed by atoms with E-state index in [2.05, 4.69) is 40.2 Å². The molecule has 4 nitrogen and oxygen atoms in total. The molecular weight excluding hydrogens is 322 g/mol. The molecule has 0 amide bonds. The van der Waals surface area contributed by atoms with Crippen LogP contribution in [0.2, 0.25) is 0 Å². The lowest BCUT2D eigenvalue weighted by atomic mass is 9.96. The quantitative estimate of drug-likeness (QED) is 0.723. The number of fused-ring (bicyclic) bond motifs is 1. The van der Waals surface area contributed by atoms with Gasteiger partial charge < -0.3 is 0 Å². The fraction of sp³-hybridized carbons (Fsp3) is 0.364. The number of nitrogens with zero attached hydrogens (tertiary/aromatic N) is 3. The van der Waals surface area contributed by atoms with E-state index in [1.165, 1.54) is 5.56 Å². The van der Waals surface area contributed by atoms with Gasteiger partial charge in [0.25, 0.3) is 5.56 Å².